The number of Topliss-reactive ketones (excluding diaryl/α,β-unsaturated/α-hetero) is 1. The van der Waals surface area contributed by atoms with Crippen LogP contribution in [0.4, 0.5) is 0 Å². The van der Waals surface area contributed by atoms with E-state index in [1.165, 1.54) is 6.92 Å². The molecule has 0 amide bonds. The van der Waals surface area contributed by atoms with E-state index in [9.17, 15) is 4.79 Å². The van der Waals surface area contributed by atoms with Crippen molar-refractivity contribution in [2.75, 3.05) is 0 Å². The zero-order valence-corrected chi connectivity index (χ0v) is 6.11. The highest BCUT2D eigenvalue weighted by Crippen LogP contribution is 2.20. The van der Waals surface area contributed by atoms with Crippen molar-refractivity contribution in [1.29, 1.82) is 0 Å². The van der Waals surface area contributed by atoms with Crippen molar-refractivity contribution in [2.24, 2.45) is 0 Å². The molecule has 1 rings (SSSR count). The van der Waals surface area contributed by atoms with Gasteiger partial charge in [-0.15, -0.1) is 0 Å². The molecule has 0 saturated carbocycles. The Hall–Kier alpha value is -0.870. The second-order valence-corrected chi connectivity index (χ2v) is 2.64. The fourth-order valence-corrected chi connectivity index (χ4v) is 1.06. The SMILES string of the molecule is CC1=C(O)[C@H](O)CC(O)C1=O. The van der Waals surface area contributed by atoms with Gasteiger partial charge >= 0.3 is 0 Å². The molecule has 0 aromatic carbocycles. The number of carbonyl (C=O) groups excluding carboxylic acids is 1. The Bertz CT molecular complexity index is 218. The van der Waals surface area contributed by atoms with Gasteiger partial charge in [-0.2, -0.15) is 0 Å². The summed E-state index contributed by atoms with van der Waals surface area (Å²) < 4.78 is 0. The van der Waals surface area contributed by atoms with Crippen LogP contribution in [0.3, 0.4) is 0 Å². The van der Waals surface area contributed by atoms with Crippen LogP contribution in [-0.4, -0.2) is 33.3 Å². The molecular weight excluding hydrogens is 148 g/mol. The monoisotopic (exact) mass is 158 g/mol. The fourth-order valence-electron chi connectivity index (χ4n) is 1.06. The quantitative estimate of drug-likeness (QED) is 0.444. The molecule has 1 unspecified atom stereocenters. The number of ketones is 1. The smallest absolute Gasteiger partial charge is 0.190 e. The zero-order valence-electron chi connectivity index (χ0n) is 6.11. The fraction of sp³-hybridized carbons (Fsp3) is 0.571. The van der Waals surface area contributed by atoms with Crippen molar-refractivity contribution in [2.45, 2.75) is 25.6 Å². The third-order valence-corrected chi connectivity index (χ3v) is 1.82. The lowest BCUT2D eigenvalue weighted by Crippen LogP contribution is -2.34. The Kier molecular flexibility index (Phi) is 1.97. The first-order chi connectivity index (χ1) is 5.04. The van der Waals surface area contributed by atoms with E-state index in [2.05, 4.69) is 0 Å². The van der Waals surface area contributed by atoms with Crippen LogP contribution in [0.25, 0.3) is 0 Å². The Labute approximate surface area is 63.8 Å². The molecular formula is C7H10O4. The normalized spacial score (nSPS) is 32.8. The Morgan fingerprint density at radius 1 is 1.36 bits per heavy atom. The van der Waals surface area contributed by atoms with Crippen LogP contribution in [-0.2, 0) is 4.79 Å². The summed E-state index contributed by atoms with van der Waals surface area (Å²) in [6.07, 6.45) is -2.37. The molecule has 1 aliphatic carbocycles. The van der Waals surface area contributed by atoms with Crippen molar-refractivity contribution in [3.05, 3.63) is 11.3 Å². The molecule has 3 N–H and O–H groups in total. The topological polar surface area (TPSA) is 77.8 Å². The summed E-state index contributed by atoms with van der Waals surface area (Å²) in [5.41, 5.74) is 0.0521. The summed E-state index contributed by atoms with van der Waals surface area (Å²) in [6, 6.07) is 0. The second kappa shape index (κ2) is 2.64. The van der Waals surface area contributed by atoms with Gasteiger partial charge in [0.25, 0.3) is 0 Å². The Morgan fingerprint density at radius 3 is 2.45 bits per heavy atom. The highest BCUT2D eigenvalue weighted by molar-refractivity contribution is 5.99. The molecule has 62 valence electrons. The van der Waals surface area contributed by atoms with Gasteiger partial charge in [-0.25, -0.2) is 0 Å². The number of aliphatic hydroxyl groups excluding tert-OH is 3. The first-order valence-electron chi connectivity index (χ1n) is 3.34. The summed E-state index contributed by atoms with van der Waals surface area (Å²) >= 11 is 0. The average molecular weight is 158 g/mol. The minimum absolute atomic E-state index is 0.0521. The van der Waals surface area contributed by atoms with Gasteiger partial charge in [0.15, 0.2) is 5.78 Å². The van der Waals surface area contributed by atoms with Crippen molar-refractivity contribution in [3.63, 3.8) is 0 Å². The number of rotatable bonds is 0. The molecule has 0 aromatic rings. The molecule has 0 aliphatic heterocycles. The van der Waals surface area contributed by atoms with Crippen LogP contribution in [0, 0.1) is 0 Å². The number of hydrogen-bond donors (Lipinski definition) is 3. The number of aliphatic hydroxyl groups is 3. The number of carbonyl (C=O) groups is 1. The first-order valence-corrected chi connectivity index (χ1v) is 3.34. The van der Waals surface area contributed by atoms with E-state index in [-0.39, 0.29) is 17.8 Å². The molecule has 0 heterocycles. The van der Waals surface area contributed by atoms with Crippen LogP contribution in [0.5, 0.6) is 0 Å². The lowest BCUT2D eigenvalue weighted by atomic mass is 9.93. The van der Waals surface area contributed by atoms with Crippen LogP contribution < -0.4 is 0 Å². The third kappa shape index (κ3) is 1.27. The van der Waals surface area contributed by atoms with E-state index in [0.29, 0.717) is 0 Å². The Morgan fingerprint density at radius 2 is 1.91 bits per heavy atom. The van der Waals surface area contributed by atoms with Gasteiger partial charge in [0.05, 0.1) is 0 Å². The van der Waals surface area contributed by atoms with Crippen LogP contribution in [0.2, 0.25) is 0 Å². The summed E-state index contributed by atoms with van der Waals surface area (Å²) in [7, 11) is 0. The highest BCUT2D eigenvalue weighted by Gasteiger charge is 2.31. The van der Waals surface area contributed by atoms with Gasteiger partial charge in [0, 0.05) is 12.0 Å². The maximum Gasteiger partial charge on any atom is 0.190 e. The number of hydrogen-bond acceptors (Lipinski definition) is 4. The summed E-state index contributed by atoms with van der Waals surface area (Å²) in [5.74, 6) is -0.826. The predicted octanol–water partition coefficient (Wildman–Crippen LogP) is -0.487. The van der Waals surface area contributed by atoms with Crippen molar-refractivity contribution in [1.82, 2.24) is 0 Å². The van der Waals surface area contributed by atoms with E-state index in [4.69, 9.17) is 15.3 Å². The summed E-state index contributed by atoms with van der Waals surface area (Å²) in [5, 5.41) is 27.0. The molecule has 0 aromatic heterocycles. The summed E-state index contributed by atoms with van der Waals surface area (Å²) in [6.45, 7) is 1.38. The van der Waals surface area contributed by atoms with Gasteiger partial charge in [-0.05, 0) is 6.92 Å². The minimum atomic E-state index is -1.17. The molecule has 0 fully saturated rings. The standard InChI is InChI=1S/C7H10O4/c1-3-6(10)4(8)2-5(9)7(3)11/h4-5,8-10H,2H2,1H3/t4-,5?/m1/s1. The van der Waals surface area contributed by atoms with Gasteiger partial charge in [-0.3, -0.25) is 4.79 Å². The van der Waals surface area contributed by atoms with E-state index >= 15 is 0 Å². The van der Waals surface area contributed by atoms with Gasteiger partial charge in [-0.1, -0.05) is 0 Å². The molecule has 4 heteroatoms. The lowest BCUT2D eigenvalue weighted by molar-refractivity contribution is -0.126. The predicted molar refractivity (Wildman–Crippen MR) is 37.0 cm³/mol. The van der Waals surface area contributed by atoms with Crippen molar-refractivity contribution in [3.8, 4) is 0 Å². The molecule has 11 heavy (non-hydrogen) atoms. The molecule has 2 atom stereocenters. The van der Waals surface area contributed by atoms with Crippen molar-refractivity contribution >= 4 is 5.78 Å². The van der Waals surface area contributed by atoms with E-state index in [1.807, 2.05) is 0 Å². The average Bonchev–Trinajstić information content (AvgIpc) is 1.97. The second-order valence-electron chi connectivity index (χ2n) is 2.64. The maximum absolute atomic E-state index is 10.9. The zero-order chi connectivity index (χ0) is 8.59. The first kappa shape index (κ1) is 8.23. The molecule has 4 nitrogen and oxygen atoms in total. The maximum atomic E-state index is 10.9. The largest absolute Gasteiger partial charge is 0.509 e. The Balaban J connectivity index is 2.98. The minimum Gasteiger partial charge on any atom is -0.509 e. The van der Waals surface area contributed by atoms with E-state index < -0.39 is 18.0 Å². The molecule has 0 radical (unpaired) electrons. The summed E-state index contributed by atoms with van der Waals surface area (Å²) in [4.78, 5) is 10.9. The van der Waals surface area contributed by atoms with Gasteiger partial charge < -0.3 is 15.3 Å². The van der Waals surface area contributed by atoms with Gasteiger partial charge in [0.1, 0.15) is 18.0 Å². The van der Waals surface area contributed by atoms with Crippen LogP contribution in [0.15, 0.2) is 11.3 Å². The lowest BCUT2D eigenvalue weighted by Gasteiger charge is -2.21. The molecule has 0 spiro atoms. The van der Waals surface area contributed by atoms with Crippen LogP contribution in [0.1, 0.15) is 13.3 Å². The van der Waals surface area contributed by atoms with E-state index in [1.54, 1.807) is 0 Å². The third-order valence-electron chi connectivity index (χ3n) is 1.82. The highest BCUT2D eigenvalue weighted by atomic mass is 16.3. The van der Waals surface area contributed by atoms with E-state index in [0.717, 1.165) is 0 Å². The molecule has 0 saturated heterocycles. The molecule has 0 bridgehead atoms. The van der Waals surface area contributed by atoms with Crippen molar-refractivity contribution < 1.29 is 20.1 Å². The van der Waals surface area contributed by atoms with Gasteiger partial charge in [0.2, 0.25) is 0 Å². The molecule has 1 aliphatic rings. The van der Waals surface area contributed by atoms with Crippen LogP contribution >= 0.6 is 0 Å².